The molecule has 2 unspecified atom stereocenters. The Morgan fingerprint density at radius 1 is 1.52 bits per heavy atom. The molecule has 0 aromatic rings. The van der Waals surface area contributed by atoms with Crippen molar-refractivity contribution in [2.24, 2.45) is 0 Å². The Morgan fingerprint density at radius 2 is 2.19 bits per heavy atom. The fourth-order valence-electron chi connectivity index (χ4n) is 3.20. The predicted octanol–water partition coefficient (Wildman–Crippen LogP) is 2.11. The molecular weight excluding hydrogens is 268 g/mol. The molecule has 5 nitrogen and oxygen atoms in total. The number of nitrogens with one attached hydrogen (secondary N) is 1. The first-order valence-corrected chi connectivity index (χ1v) is 7.99. The molecule has 5 heteroatoms. The second-order valence-electron chi connectivity index (χ2n) is 7.07. The Kier molecular flexibility index (Phi) is 6.63. The van der Waals surface area contributed by atoms with Gasteiger partial charge in [-0.25, -0.2) is 0 Å². The number of carbonyl (C=O) groups is 1. The quantitative estimate of drug-likeness (QED) is 0.719. The number of rotatable bonds is 8. The number of nitrogens with zero attached hydrogens (tertiary/aromatic N) is 1. The molecule has 0 radical (unpaired) electrons. The molecule has 2 N–H and O–H groups in total. The maximum Gasteiger partial charge on any atom is 0.323 e. The molecule has 2 atom stereocenters. The molecule has 21 heavy (non-hydrogen) atoms. The van der Waals surface area contributed by atoms with Gasteiger partial charge in [0.25, 0.3) is 0 Å². The highest BCUT2D eigenvalue weighted by Gasteiger charge is 2.34. The normalized spacial score (nSPS) is 26.8. The monoisotopic (exact) mass is 300 g/mol. The molecular formula is C16H32N2O3. The van der Waals surface area contributed by atoms with Gasteiger partial charge in [-0.2, -0.15) is 0 Å². The summed E-state index contributed by atoms with van der Waals surface area (Å²) in [5, 5.41) is 12.6. The number of ether oxygens (including phenoxy) is 1. The molecule has 1 rings (SSSR count). The number of methoxy groups -OCH3 is 1. The topological polar surface area (TPSA) is 61.8 Å². The standard InChI is InChI=1S/C16H32N2O3/c1-13(2)17-16(4,14(19)20)9-7-11-18-10-6-8-15(3,12-18)21-5/h13,17H,6-12H2,1-5H3,(H,19,20). The third-order valence-electron chi connectivity index (χ3n) is 4.46. The van der Waals surface area contributed by atoms with Crippen LogP contribution in [-0.2, 0) is 9.53 Å². The number of hydrogen-bond acceptors (Lipinski definition) is 4. The molecule has 1 aliphatic rings. The first-order chi connectivity index (χ1) is 9.71. The van der Waals surface area contributed by atoms with Gasteiger partial charge in [-0.1, -0.05) is 0 Å². The summed E-state index contributed by atoms with van der Waals surface area (Å²) >= 11 is 0. The van der Waals surface area contributed by atoms with Gasteiger partial charge < -0.3 is 14.7 Å². The van der Waals surface area contributed by atoms with Gasteiger partial charge in [-0.3, -0.25) is 10.1 Å². The van der Waals surface area contributed by atoms with Crippen LogP contribution in [0.2, 0.25) is 0 Å². The molecule has 1 heterocycles. The van der Waals surface area contributed by atoms with Gasteiger partial charge in [0.15, 0.2) is 0 Å². The zero-order valence-electron chi connectivity index (χ0n) is 14.2. The summed E-state index contributed by atoms with van der Waals surface area (Å²) in [6, 6.07) is 0.165. The maximum atomic E-state index is 11.5. The highest BCUT2D eigenvalue weighted by atomic mass is 16.5. The minimum atomic E-state index is -0.839. The summed E-state index contributed by atoms with van der Waals surface area (Å²) in [7, 11) is 1.78. The third-order valence-corrected chi connectivity index (χ3v) is 4.46. The molecule has 0 aliphatic carbocycles. The first kappa shape index (κ1) is 18.4. The molecule has 1 saturated heterocycles. The van der Waals surface area contributed by atoms with Crippen molar-refractivity contribution in [1.29, 1.82) is 0 Å². The predicted molar refractivity (Wildman–Crippen MR) is 84.6 cm³/mol. The van der Waals surface area contributed by atoms with Crippen molar-refractivity contribution in [1.82, 2.24) is 10.2 Å². The average molecular weight is 300 g/mol. The van der Waals surface area contributed by atoms with E-state index in [4.69, 9.17) is 4.74 Å². The van der Waals surface area contributed by atoms with Crippen LogP contribution in [0.25, 0.3) is 0 Å². The summed E-state index contributed by atoms with van der Waals surface area (Å²) < 4.78 is 5.60. The van der Waals surface area contributed by atoms with E-state index in [1.807, 2.05) is 13.8 Å². The van der Waals surface area contributed by atoms with E-state index < -0.39 is 11.5 Å². The summed E-state index contributed by atoms with van der Waals surface area (Å²) in [5.74, 6) is -0.767. The minimum Gasteiger partial charge on any atom is -0.480 e. The Balaban J connectivity index is 2.45. The maximum absolute atomic E-state index is 11.5. The lowest BCUT2D eigenvalue weighted by atomic mass is 9.92. The number of aliphatic carboxylic acids is 1. The van der Waals surface area contributed by atoms with Crippen molar-refractivity contribution in [2.45, 2.75) is 70.6 Å². The van der Waals surface area contributed by atoms with Crippen LogP contribution in [0.1, 0.15) is 53.4 Å². The summed E-state index contributed by atoms with van der Waals surface area (Å²) in [6.45, 7) is 10.9. The van der Waals surface area contributed by atoms with Crippen LogP contribution < -0.4 is 5.32 Å². The van der Waals surface area contributed by atoms with Crippen LogP contribution >= 0.6 is 0 Å². The first-order valence-electron chi connectivity index (χ1n) is 7.99. The molecule has 0 aromatic heterocycles. The van der Waals surface area contributed by atoms with Crippen LogP contribution in [0.4, 0.5) is 0 Å². The molecule has 0 bridgehead atoms. The average Bonchev–Trinajstić information content (AvgIpc) is 2.38. The highest BCUT2D eigenvalue weighted by Crippen LogP contribution is 2.24. The smallest absolute Gasteiger partial charge is 0.323 e. The molecule has 1 fully saturated rings. The second kappa shape index (κ2) is 7.56. The SMILES string of the molecule is COC1(C)CCCN(CCCC(C)(NC(C)C)C(=O)O)C1. The number of carboxylic acids is 1. The Hall–Kier alpha value is -0.650. The summed E-state index contributed by atoms with van der Waals surface area (Å²) in [5.41, 5.74) is -0.890. The van der Waals surface area contributed by atoms with E-state index in [0.717, 1.165) is 38.9 Å². The molecule has 0 amide bonds. The van der Waals surface area contributed by atoms with Crippen LogP contribution in [-0.4, -0.2) is 59.9 Å². The van der Waals surface area contributed by atoms with Gasteiger partial charge in [0.2, 0.25) is 0 Å². The van der Waals surface area contributed by atoms with Crippen LogP contribution in [0.15, 0.2) is 0 Å². The van der Waals surface area contributed by atoms with E-state index in [0.29, 0.717) is 6.42 Å². The Labute approximate surface area is 129 Å². The summed E-state index contributed by atoms with van der Waals surface area (Å²) in [4.78, 5) is 13.9. The van der Waals surface area contributed by atoms with Gasteiger partial charge in [-0.05, 0) is 66.5 Å². The van der Waals surface area contributed by atoms with Crippen LogP contribution in [0, 0.1) is 0 Å². The lowest BCUT2D eigenvalue weighted by Crippen LogP contribution is -2.53. The van der Waals surface area contributed by atoms with Crippen molar-refractivity contribution in [2.75, 3.05) is 26.7 Å². The van der Waals surface area contributed by atoms with Gasteiger partial charge in [0.05, 0.1) is 5.60 Å². The number of likely N-dealkylation sites (tertiary alicyclic amines) is 1. The second-order valence-corrected chi connectivity index (χ2v) is 7.07. The van der Waals surface area contributed by atoms with Crippen LogP contribution in [0.3, 0.4) is 0 Å². The number of hydrogen-bond donors (Lipinski definition) is 2. The van der Waals surface area contributed by atoms with Gasteiger partial charge in [0, 0.05) is 19.7 Å². The lowest BCUT2D eigenvalue weighted by molar-refractivity contribution is -0.144. The Morgan fingerprint density at radius 3 is 2.71 bits per heavy atom. The minimum absolute atomic E-state index is 0.0511. The molecule has 1 aliphatic heterocycles. The lowest BCUT2D eigenvalue weighted by Gasteiger charge is -2.40. The largest absolute Gasteiger partial charge is 0.480 e. The van der Waals surface area contributed by atoms with Crippen molar-refractivity contribution >= 4 is 5.97 Å². The van der Waals surface area contributed by atoms with E-state index in [9.17, 15) is 9.90 Å². The molecule has 0 spiro atoms. The fraction of sp³-hybridized carbons (Fsp3) is 0.938. The van der Waals surface area contributed by atoms with Gasteiger partial charge >= 0.3 is 5.97 Å². The number of carboxylic acid groups (broad SMARTS) is 1. The third kappa shape index (κ3) is 5.57. The van der Waals surface area contributed by atoms with E-state index in [2.05, 4.69) is 17.1 Å². The number of piperidine rings is 1. The summed E-state index contributed by atoms with van der Waals surface area (Å²) in [6.07, 6.45) is 3.76. The van der Waals surface area contributed by atoms with Crippen molar-refractivity contribution in [3.63, 3.8) is 0 Å². The molecule has 0 saturated carbocycles. The fourth-order valence-corrected chi connectivity index (χ4v) is 3.20. The van der Waals surface area contributed by atoms with E-state index in [1.54, 1.807) is 14.0 Å². The highest BCUT2D eigenvalue weighted by molar-refractivity contribution is 5.78. The molecule has 124 valence electrons. The van der Waals surface area contributed by atoms with E-state index in [-0.39, 0.29) is 11.6 Å². The van der Waals surface area contributed by atoms with E-state index in [1.165, 1.54) is 0 Å². The van der Waals surface area contributed by atoms with Crippen molar-refractivity contribution in [3.05, 3.63) is 0 Å². The molecule has 0 aromatic carbocycles. The van der Waals surface area contributed by atoms with Crippen LogP contribution in [0.5, 0.6) is 0 Å². The van der Waals surface area contributed by atoms with Gasteiger partial charge in [-0.15, -0.1) is 0 Å². The zero-order chi connectivity index (χ0) is 16.1. The van der Waals surface area contributed by atoms with Crippen molar-refractivity contribution in [3.8, 4) is 0 Å². The van der Waals surface area contributed by atoms with Crippen molar-refractivity contribution < 1.29 is 14.6 Å². The van der Waals surface area contributed by atoms with E-state index >= 15 is 0 Å². The zero-order valence-corrected chi connectivity index (χ0v) is 14.2. The Bertz CT molecular complexity index is 348. The van der Waals surface area contributed by atoms with Gasteiger partial charge in [0.1, 0.15) is 5.54 Å².